The highest BCUT2D eigenvalue weighted by Crippen LogP contribution is 2.42. The highest BCUT2D eigenvalue weighted by molar-refractivity contribution is 7.15. The van der Waals surface area contributed by atoms with Crippen molar-refractivity contribution in [2.24, 2.45) is 0 Å². The van der Waals surface area contributed by atoms with Crippen molar-refractivity contribution < 1.29 is 28.2 Å². The third-order valence-corrected chi connectivity index (χ3v) is 8.74. The molecule has 0 N–H and O–H groups in total. The van der Waals surface area contributed by atoms with Gasteiger partial charge in [-0.2, -0.15) is 0 Å². The van der Waals surface area contributed by atoms with E-state index in [1.54, 1.807) is 58.4 Å². The lowest BCUT2D eigenvalue weighted by Crippen LogP contribution is -2.34. The highest BCUT2D eigenvalue weighted by atomic mass is 32.1. The van der Waals surface area contributed by atoms with Gasteiger partial charge in [0.05, 0.1) is 17.6 Å². The van der Waals surface area contributed by atoms with Gasteiger partial charge in [-0.25, -0.2) is 23.9 Å². The van der Waals surface area contributed by atoms with Crippen molar-refractivity contribution >= 4 is 34.2 Å². The van der Waals surface area contributed by atoms with Crippen molar-refractivity contribution in [1.82, 2.24) is 19.9 Å². The fraction of sp³-hybridized carbons (Fsp3) is 0.457. The van der Waals surface area contributed by atoms with Gasteiger partial charge in [0.15, 0.2) is 5.69 Å². The SMILES string of the molecule is Cc1ccc(-c2ccc3c(-c4nc(CN(C)C(=O)OC(C)(C)C)c(C5CCOCC5)s4)cnc(C(=O)OC(C)(C)C)c3c2F)cn1. The van der Waals surface area contributed by atoms with Gasteiger partial charge in [-0.3, -0.25) is 4.98 Å². The molecule has 4 aromatic rings. The van der Waals surface area contributed by atoms with Crippen LogP contribution in [0, 0.1) is 12.7 Å². The maximum Gasteiger partial charge on any atom is 0.410 e. The lowest BCUT2D eigenvalue weighted by molar-refractivity contribution is 0.00645. The minimum absolute atomic E-state index is 0.0556. The van der Waals surface area contributed by atoms with E-state index >= 15 is 4.39 Å². The van der Waals surface area contributed by atoms with Gasteiger partial charge in [-0.15, -0.1) is 11.3 Å². The molecule has 0 saturated carbocycles. The number of carbonyl (C=O) groups is 2. The van der Waals surface area contributed by atoms with E-state index in [-0.39, 0.29) is 23.5 Å². The number of aryl methyl sites for hydroxylation is 1. The molecule has 0 aliphatic carbocycles. The van der Waals surface area contributed by atoms with Crippen LogP contribution in [0.3, 0.4) is 0 Å². The fourth-order valence-electron chi connectivity index (χ4n) is 5.30. The maximum atomic E-state index is 16.6. The number of nitrogens with zero attached hydrogens (tertiary/aromatic N) is 4. The Labute approximate surface area is 273 Å². The first kappa shape index (κ1) is 33.4. The number of hydrogen-bond donors (Lipinski definition) is 0. The molecule has 1 aliphatic heterocycles. The third kappa shape index (κ3) is 7.53. The van der Waals surface area contributed by atoms with Crippen molar-refractivity contribution in [3.8, 4) is 21.7 Å². The monoisotopic (exact) mass is 648 g/mol. The van der Waals surface area contributed by atoms with E-state index in [0.29, 0.717) is 40.3 Å². The van der Waals surface area contributed by atoms with Gasteiger partial charge >= 0.3 is 12.1 Å². The van der Waals surface area contributed by atoms with Crippen molar-refractivity contribution in [3.63, 3.8) is 0 Å². The first-order valence-corrected chi connectivity index (χ1v) is 16.2. The predicted octanol–water partition coefficient (Wildman–Crippen LogP) is 8.08. The second-order valence-corrected chi connectivity index (χ2v) is 14.6. The Balaban J connectivity index is 1.66. The fourth-order valence-corrected chi connectivity index (χ4v) is 6.56. The van der Waals surface area contributed by atoms with E-state index in [2.05, 4.69) is 9.97 Å². The van der Waals surface area contributed by atoms with E-state index in [4.69, 9.17) is 19.2 Å². The Kier molecular flexibility index (Phi) is 9.47. The smallest absolute Gasteiger partial charge is 0.410 e. The number of ether oxygens (including phenoxy) is 3. The summed E-state index contributed by atoms with van der Waals surface area (Å²) in [5.74, 6) is -1.12. The molecule has 5 rings (SSSR count). The van der Waals surface area contributed by atoms with Crippen LogP contribution in [0.5, 0.6) is 0 Å². The Bertz CT molecular complexity index is 1750. The average molecular weight is 649 g/mol. The number of benzene rings is 1. The molecule has 1 fully saturated rings. The summed E-state index contributed by atoms with van der Waals surface area (Å²) in [6.45, 7) is 14.1. The number of halogens is 1. The lowest BCUT2D eigenvalue weighted by Gasteiger charge is -2.25. The molecule has 0 atom stereocenters. The van der Waals surface area contributed by atoms with Crippen LogP contribution in [-0.4, -0.2) is 63.4 Å². The van der Waals surface area contributed by atoms with E-state index in [0.717, 1.165) is 29.1 Å². The number of pyridine rings is 2. The summed E-state index contributed by atoms with van der Waals surface area (Å²) >= 11 is 1.50. The van der Waals surface area contributed by atoms with Crippen LogP contribution in [0.1, 0.15) is 87.1 Å². The molecular weight excluding hydrogens is 607 g/mol. The second-order valence-electron chi connectivity index (χ2n) is 13.6. The van der Waals surface area contributed by atoms with Gasteiger partial charge in [0.25, 0.3) is 0 Å². The molecule has 9 nitrogen and oxygen atoms in total. The average Bonchev–Trinajstić information content (AvgIpc) is 3.39. The molecule has 0 unspecified atom stereocenters. The number of thiazole rings is 1. The lowest BCUT2D eigenvalue weighted by atomic mass is 9.97. The molecule has 0 radical (unpaired) electrons. The molecule has 0 spiro atoms. The van der Waals surface area contributed by atoms with Crippen LogP contribution in [0.25, 0.3) is 32.5 Å². The molecule has 46 heavy (non-hydrogen) atoms. The summed E-state index contributed by atoms with van der Waals surface area (Å²) in [7, 11) is 1.68. The molecule has 244 valence electrons. The van der Waals surface area contributed by atoms with E-state index in [1.807, 2.05) is 33.8 Å². The largest absolute Gasteiger partial charge is 0.455 e. The summed E-state index contributed by atoms with van der Waals surface area (Å²) in [4.78, 5) is 42.6. The minimum atomic E-state index is -0.804. The summed E-state index contributed by atoms with van der Waals surface area (Å²) in [5.41, 5.74) is 1.45. The predicted molar refractivity (Wildman–Crippen MR) is 176 cm³/mol. The minimum Gasteiger partial charge on any atom is -0.455 e. The Morgan fingerprint density at radius 2 is 1.67 bits per heavy atom. The molecule has 1 aromatic carbocycles. The summed E-state index contributed by atoms with van der Waals surface area (Å²) in [6, 6.07) is 7.09. The van der Waals surface area contributed by atoms with Crippen LogP contribution < -0.4 is 0 Å². The topological polar surface area (TPSA) is 104 Å². The van der Waals surface area contributed by atoms with Crippen molar-refractivity contribution in [2.75, 3.05) is 20.3 Å². The third-order valence-electron chi connectivity index (χ3n) is 7.45. The van der Waals surface area contributed by atoms with E-state index in [9.17, 15) is 9.59 Å². The zero-order chi connectivity index (χ0) is 33.4. The molecule has 1 saturated heterocycles. The first-order valence-electron chi connectivity index (χ1n) is 15.4. The van der Waals surface area contributed by atoms with Crippen molar-refractivity contribution in [2.45, 2.75) is 85.0 Å². The standard InChI is InChI=1S/C35H41FN4O5S/c1-20-9-10-22(17-37-20)23-11-12-24-25(18-38-29(27(24)28(23)36)32(41)44-34(2,3)4)31-39-26(19-40(8)33(42)45-35(5,6)7)30(46-31)21-13-15-43-16-14-21/h9-12,17-18,21H,13-16,19H2,1-8H3. The molecular formula is C35H41FN4O5S. The number of aromatic nitrogens is 3. The Morgan fingerprint density at radius 3 is 2.30 bits per heavy atom. The zero-order valence-corrected chi connectivity index (χ0v) is 28.5. The highest BCUT2D eigenvalue weighted by Gasteiger charge is 2.29. The van der Waals surface area contributed by atoms with Gasteiger partial charge in [-0.1, -0.05) is 18.2 Å². The summed E-state index contributed by atoms with van der Waals surface area (Å²) < 4.78 is 33.5. The van der Waals surface area contributed by atoms with Crippen LogP contribution in [0.15, 0.2) is 36.7 Å². The van der Waals surface area contributed by atoms with Crippen LogP contribution in [-0.2, 0) is 20.8 Å². The number of carbonyl (C=O) groups excluding carboxylic acids is 2. The number of esters is 1. The molecule has 4 heterocycles. The molecule has 11 heteroatoms. The van der Waals surface area contributed by atoms with Gasteiger partial charge in [-0.05, 0) is 78.7 Å². The molecule has 0 bridgehead atoms. The molecule has 1 aliphatic rings. The quantitative estimate of drug-likeness (QED) is 0.193. The molecule has 1 amide bonds. The maximum absolute atomic E-state index is 16.6. The van der Waals surface area contributed by atoms with Crippen molar-refractivity contribution in [1.29, 1.82) is 0 Å². The molecule has 3 aromatic heterocycles. The van der Waals surface area contributed by atoms with Crippen LogP contribution in [0.4, 0.5) is 9.18 Å². The number of amides is 1. The van der Waals surface area contributed by atoms with Gasteiger partial charge < -0.3 is 19.1 Å². The second kappa shape index (κ2) is 13.0. The normalized spacial score (nSPS) is 14.4. The van der Waals surface area contributed by atoms with Crippen LogP contribution in [0.2, 0.25) is 0 Å². The zero-order valence-electron chi connectivity index (χ0n) is 27.7. The summed E-state index contributed by atoms with van der Waals surface area (Å²) in [6.07, 6.45) is 4.36. The summed E-state index contributed by atoms with van der Waals surface area (Å²) in [5, 5.41) is 1.16. The Hall–Kier alpha value is -3.96. The van der Waals surface area contributed by atoms with E-state index < -0.39 is 29.1 Å². The number of fused-ring (bicyclic) bond motifs is 1. The van der Waals surface area contributed by atoms with Gasteiger partial charge in [0.1, 0.15) is 22.0 Å². The Morgan fingerprint density at radius 1 is 0.978 bits per heavy atom. The van der Waals surface area contributed by atoms with Gasteiger partial charge in [0.2, 0.25) is 0 Å². The number of hydrogen-bond acceptors (Lipinski definition) is 9. The first-order chi connectivity index (χ1) is 21.6. The van der Waals surface area contributed by atoms with Crippen molar-refractivity contribution in [3.05, 3.63) is 64.4 Å². The van der Waals surface area contributed by atoms with Crippen LogP contribution >= 0.6 is 11.3 Å². The van der Waals surface area contributed by atoms with Gasteiger partial charge in [0, 0.05) is 59.9 Å². The number of rotatable bonds is 6. The van der Waals surface area contributed by atoms with E-state index in [1.165, 1.54) is 16.2 Å².